The molecule has 2 aromatic rings. The summed E-state index contributed by atoms with van der Waals surface area (Å²) in [7, 11) is 3.14. The molecule has 1 saturated carbocycles. The lowest BCUT2D eigenvalue weighted by molar-refractivity contribution is -0.111. The summed E-state index contributed by atoms with van der Waals surface area (Å²) >= 11 is 1.21. The van der Waals surface area contributed by atoms with Gasteiger partial charge in [-0.2, -0.15) is 9.97 Å². The van der Waals surface area contributed by atoms with Crippen LogP contribution >= 0.6 is 11.8 Å². The molecule has 0 spiro atoms. The molecule has 0 atom stereocenters. The fraction of sp³-hybridized carbons (Fsp3) is 0.633. The summed E-state index contributed by atoms with van der Waals surface area (Å²) in [6, 6.07) is 2.32. The lowest BCUT2D eigenvalue weighted by atomic mass is 10.0. The third-order valence-electron chi connectivity index (χ3n) is 7.79. The fourth-order valence-corrected chi connectivity index (χ4v) is 6.28. The molecule has 42 heavy (non-hydrogen) atoms. The van der Waals surface area contributed by atoms with Gasteiger partial charge in [-0.1, -0.05) is 45.1 Å². The highest BCUT2D eigenvalue weighted by atomic mass is 32.2. The van der Waals surface area contributed by atoms with E-state index in [1.54, 1.807) is 26.5 Å². The third kappa shape index (κ3) is 9.81. The van der Waals surface area contributed by atoms with Gasteiger partial charge in [0.15, 0.2) is 5.16 Å². The highest BCUT2D eigenvalue weighted by Crippen LogP contribution is 2.39. The Balaban J connectivity index is 1.26. The van der Waals surface area contributed by atoms with E-state index < -0.39 is 0 Å². The van der Waals surface area contributed by atoms with Crippen LogP contribution in [0.2, 0.25) is 0 Å². The van der Waals surface area contributed by atoms with E-state index in [9.17, 15) is 4.79 Å². The van der Waals surface area contributed by atoms with Crippen molar-refractivity contribution in [2.75, 3.05) is 63.7 Å². The Bertz CT molecular complexity index is 1110. The average Bonchev–Trinajstić information content (AvgIpc) is 3.15. The van der Waals surface area contributed by atoms with Crippen LogP contribution in [0.15, 0.2) is 35.0 Å². The molecule has 4 rings (SSSR count). The van der Waals surface area contributed by atoms with Crippen molar-refractivity contribution < 1.29 is 14.3 Å². The average molecular weight is 599 g/mol. The van der Waals surface area contributed by atoms with Crippen LogP contribution in [0.1, 0.15) is 64.2 Å². The number of hydrogen-bond acceptors (Lipinski definition) is 11. The van der Waals surface area contributed by atoms with E-state index in [1.807, 2.05) is 0 Å². The van der Waals surface area contributed by atoms with E-state index in [0.717, 1.165) is 39.3 Å². The van der Waals surface area contributed by atoms with E-state index in [1.165, 1.54) is 82.0 Å². The number of ether oxygens (including phenoxy) is 2. The molecule has 0 bridgehead atoms. The number of amides is 1. The van der Waals surface area contributed by atoms with Crippen LogP contribution in [0.5, 0.6) is 11.8 Å². The Kier molecular flexibility index (Phi) is 13.1. The Morgan fingerprint density at radius 3 is 2.31 bits per heavy atom. The second-order valence-corrected chi connectivity index (χ2v) is 11.8. The molecule has 0 aromatic carbocycles. The second-order valence-electron chi connectivity index (χ2n) is 10.8. The summed E-state index contributed by atoms with van der Waals surface area (Å²) in [5.74, 6) is 1.38. The first kappa shape index (κ1) is 32.0. The summed E-state index contributed by atoms with van der Waals surface area (Å²) in [5, 5.41) is 6.88. The van der Waals surface area contributed by atoms with E-state index in [4.69, 9.17) is 19.4 Å². The van der Waals surface area contributed by atoms with Crippen molar-refractivity contribution in [2.45, 2.75) is 80.3 Å². The number of carbonyl (C=O) groups is 1. The van der Waals surface area contributed by atoms with Crippen molar-refractivity contribution in [1.82, 2.24) is 30.2 Å². The number of carbonyl (C=O) groups excluding carboxylic acids is 1. The van der Waals surface area contributed by atoms with Crippen LogP contribution in [0.3, 0.4) is 0 Å². The molecule has 1 aliphatic heterocycles. The first-order chi connectivity index (χ1) is 20.6. The van der Waals surface area contributed by atoms with Gasteiger partial charge >= 0.3 is 0 Å². The van der Waals surface area contributed by atoms with Gasteiger partial charge in [0.2, 0.25) is 23.6 Å². The van der Waals surface area contributed by atoms with Crippen LogP contribution < -0.4 is 25.0 Å². The highest BCUT2D eigenvalue weighted by molar-refractivity contribution is 7.99. The van der Waals surface area contributed by atoms with Gasteiger partial charge in [-0.3, -0.25) is 9.69 Å². The van der Waals surface area contributed by atoms with E-state index in [0.29, 0.717) is 39.6 Å². The van der Waals surface area contributed by atoms with Crippen molar-refractivity contribution in [3.05, 3.63) is 24.9 Å². The number of nitrogens with zero attached hydrogens (tertiary/aromatic N) is 6. The Labute approximate surface area is 254 Å². The minimum absolute atomic E-state index is 0.347. The van der Waals surface area contributed by atoms with E-state index in [-0.39, 0.29) is 5.91 Å². The van der Waals surface area contributed by atoms with Crippen molar-refractivity contribution in [3.63, 3.8) is 0 Å². The first-order valence-electron chi connectivity index (χ1n) is 15.2. The molecule has 3 heterocycles. The number of piperazine rings is 1. The van der Waals surface area contributed by atoms with Gasteiger partial charge in [0.25, 0.3) is 0 Å². The van der Waals surface area contributed by atoms with Gasteiger partial charge < -0.3 is 25.0 Å². The number of anilines is 2. The summed E-state index contributed by atoms with van der Waals surface area (Å²) < 4.78 is 11.3. The van der Waals surface area contributed by atoms with Crippen molar-refractivity contribution in [3.8, 4) is 11.8 Å². The SMILES string of the molecule is C=CC(=O)Nc1ccnc(Sc2c(OC)nc(N3CCN(CCCCNC4CCCCCCCC4)CC3)nc2OC)n1. The molecule has 0 radical (unpaired) electrons. The summed E-state index contributed by atoms with van der Waals surface area (Å²) in [4.78, 5) is 35.0. The summed E-state index contributed by atoms with van der Waals surface area (Å²) in [6.07, 6.45) is 16.3. The number of methoxy groups -OCH3 is 2. The maximum absolute atomic E-state index is 11.7. The predicted molar refractivity (Wildman–Crippen MR) is 167 cm³/mol. The number of rotatable bonds is 13. The quantitative estimate of drug-likeness (QED) is 0.192. The largest absolute Gasteiger partial charge is 0.480 e. The Morgan fingerprint density at radius 1 is 1.00 bits per heavy atom. The van der Waals surface area contributed by atoms with E-state index in [2.05, 4.69) is 37.0 Å². The standard InChI is InChI=1S/C30H46N8O3S/c1-4-25(39)33-24-15-17-32-30(34-24)42-26-27(40-2)35-29(36-28(26)41-3)38-21-19-37(20-22-38)18-12-11-16-31-23-13-9-7-5-6-8-10-14-23/h4,15,17,23,31H,1,5-14,16,18-22H2,2-3H3,(H,32,33,34,39). The first-order valence-corrected chi connectivity index (χ1v) is 16.1. The third-order valence-corrected chi connectivity index (χ3v) is 8.72. The molecule has 0 unspecified atom stereocenters. The lowest BCUT2D eigenvalue weighted by Crippen LogP contribution is -2.47. The molecular weight excluding hydrogens is 552 g/mol. The molecule has 2 N–H and O–H groups in total. The normalized spacial score (nSPS) is 17.1. The number of unbranched alkanes of at least 4 members (excludes halogenated alkanes) is 1. The molecule has 1 saturated heterocycles. The predicted octanol–water partition coefficient (Wildman–Crippen LogP) is 4.55. The van der Waals surface area contributed by atoms with Crippen LogP contribution in [-0.2, 0) is 4.79 Å². The van der Waals surface area contributed by atoms with Gasteiger partial charge in [0.1, 0.15) is 10.7 Å². The lowest BCUT2D eigenvalue weighted by Gasteiger charge is -2.35. The van der Waals surface area contributed by atoms with Crippen molar-refractivity contribution in [1.29, 1.82) is 0 Å². The summed E-state index contributed by atoms with van der Waals surface area (Å²) in [5.41, 5.74) is 0. The molecule has 230 valence electrons. The smallest absolute Gasteiger partial charge is 0.248 e. The van der Waals surface area contributed by atoms with Crippen LogP contribution in [-0.4, -0.2) is 90.3 Å². The molecule has 2 aliphatic rings. The molecular formula is C30H46N8O3S. The molecule has 2 fully saturated rings. The molecule has 1 aliphatic carbocycles. The zero-order valence-electron chi connectivity index (χ0n) is 25.1. The topological polar surface area (TPSA) is 118 Å². The zero-order valence-corrected chi connectivity index (χ0v) is 26.0. The Morgan fingerprint density at radius 2 is 1.67 bits per heavy atom. The van der Waals surface area contributed by atoms with E-state index >= 15 is 0 Å². The fourth-order valence-electron chi connectivity index (χ4n) is 5.41. The maximum atomic E-state index is 11.7. The second kappa shape index (κ2) is 17.2. The van der Waals surface area contributed by atoms with Crippen LogP contribution in [0, 0.1) is 0 Å². The van der Waals surface area contributed by atoms with Crippen LogP contribution in [0.25, 0.3) is 0 Å². The van der Waals surface area contributed by atoms with Gasteiger partial charge in [-0.05, 0) is 62.7 Å². The zero-order chi connectivity index (χ0) is 29.6. The maximum Gasteiger partial charge on any atom is 0.248 e. The number of aromatic nitrogens is 4. The molecule has 12 heteroatoms. The highest BCUT2D eigenvalue weighted by Gasteiger charge is 2.24. The molecule has 1 amide bonds. The number of hydrogen-bond donors (Lipinski definition) is 2. The van der Waals surface area contributed by atoms with Crippen LogP contribution in [0.4, 0.5) is 11.8 Å². The van der Waals surface area contributed by atoms with Gasteiger partial charge in [-0.25, -0.2) is 9.97 Å². The monoisotopic (exact) mass is 598 g/mol. The van der Waals surface area contributed by atoms with Gasteiger partial charge in [-0.15, -0.1) is 0 Å². The molecule has 11 nitrogen and oxygen atoms in total. The van der Waals surface area contributed by atoms with Gasteiger partial charge in [0.05, 0.1) is 14.2 Å². The summed E-state index contributed by atoms with van der Waals surface area (Å²) in [6.45, 7) is 9.33. The van der Waals surface area contributed by atoms with Crippen molar-refractivity contribution in [2.24, 2.45) is 0 Å². The minimum atomic E-state index is -0.347. The minimum Gasteiger partial charge on any atom is -0.480 e. The van der Waals surface area contributed by atoms with Gasteiger partial charge in [0, 0.05) is 38.4 Å². The molecule has 2 aromatic heterocycles. The van der Waals surface area contributed by atoms with Crippen molar-refractivity contribution >= 4 is 29.4 Å². The number of nitrogens with one attached hydrogen (secondary N) is 2. The Hall–Kier alpha value is -2.96.